The Morgan fingerprint density at radius 1 is 0.654 bits per heavy atom. The molecule has 2 saturated carbocycles. The predicted molar refractivity (Wildman–Crippen MR) is 201 cm³/mol. The van der Waals surface area contributed by atoms with Gasteiger partial charge < -0.3 is 34.0 Å². The second-order valence-electron chi connectivity index (χ2n) is 13.6. The molecule has 6 aromatic rings. The van der Waals surface area contributed by atoms with E-state index < -0.39 is 23.1 Å². The average molecular weight is 740 g/mol. The minimum absolute atomic E-state index is 0.384. The molecular formula is C41H36Cl2N2O7. The van der Waals surface area contributed by atoms with E-state index in [1.807, 2.05) is 48.5 Å². The third-order valence-electron chi connectivity index (χ3n) is 10.8. The van der Waals surface area contributed by atoms with Crippen LogP contribution in [-0.4, -0.2) is 48.3 Å². The van der Waals surface area contributed by atoms with E-state index in [0.717, 1.165) is 35.1 Å². The van der Waals surface area contributed by atoms with Crippen LogP contribution in [0.15, 0.2) is 73.1 Å². The summed E-state index contributed by atoms with van der Waals surface area (Å²) in [5, 5.41) is 13.2. The molecule has 0 bridgehead atoms. The molecule has 0 unspecified atom stereocenters. The second-order valence-corrected chi connectivity index (χ2v) is 14.4. The highest BCUT2D eigenvalue weighted by molar-refractivity contribution is 6.35. The molecule has 3 N–H and O–H groups in total. The second kappa shape index (κ2) is 12.9. The summed E-state index contributed by atoms with van der Waals surface area (Å²) in [5.74, 6) is 0.214. The molecule has 0 spiro atoms. The van der Waals surface area contributed by atoms with Crippen molar-refractivity contribution in [2.24, 2.45) is 0 Å². The van der Waals surface area contributed by atoms with Crippen LogP contribution >= 0.6 is 23.2 Å². The molecule has 0 amide bonds. The number of nitrogens with one attached hydrogen (secondary N) is 2. The van der Waals surface area contributed by atoms with Gasteiger partial charge in [0, 0.05) is 56.5 Å². The molecule has 4 aromatic carbocycles. The van der Waals surface area contributed by atoms with Gasteiger partial charge in [0.25, 0.3) is 0 Å². The summed E-state index contributed by atoms with van der Waals surface area (Å²) in [6.07, 6.45) is 7.85. The molecule has 8 rings (SSSR count). The van der Waals surface area contributed by atoms with Crippen molar-refractivity contribution in [3.05, 3.63) is 105 Å². The first-order valence-corrected chi connectivity index (χ1v) is 17.9. The summed E-state index contributed by atoms with van der Waals surface area (Å²) in [4.78, 5) is 32.7. The number of aromatic nitrogens is 2. The zero-order valence-electron chi connectivity index (χ0n) is 28.8. The highest BCUT2D eigenvalue weighted by atomic mass is 35.5. The van der Waals surface area contributed by atoms with Gasteiger partial charge in [-0.25, -0.2) is 9.59 Å². The number of hydrogen-bond acceptors (Lipinski definition) is 7. The Labute approximate surface area is 309 Å². The number of halogens is 2. The van der Waals surface area contributed by atoms with E-state index >= 15 is 0 Å². The number of rotatable bonds is 9. The molecular weight excluding hydrogens is 703 g/mol. The number of carbonyl (C=O) groups is 2. The number of methoxy groups -OCH3 is 3. The van der Waals surface area contributed by atoms with E-state index in [1.165, 1.54) is 7.11 Å². The molecule has 2 aliphatic rings. The van der Waals surface area contributed by atoms with Gasteiger partial charge in [0.05, 0.1) is 48.1 Å². The Balaban J connectivity index is 1.12. The first-order valence-electron chi connectivity index (χ1n) is 17.1. The molecule has 2 fully saturated rings. The normalized spacial score (nSPS) is 15.9. The van der Waals surface area contributed by atoms with Gasteiger partial charge in [-0.3, -0.25) is 0 Å². The van der Waals surface area contributed by atoms with E-state index in [-0.39, 0.29) is 0 Å². The lowest BCUT2D eigenvalue weighted by Gasteiger charge is -2.41. The van der Waals surface area contributed by atoms with Crippen molar-refractivity contribution >= 4 is 56.9 Å². The fraction of sp³-hybridized carbons (Fsp3) is 0.268. The van der Waals surface area contributed by atoms with Gasteiger partial charge in [-0.15, -0.1) is 0 Å². The number of aromatic amines is 2. The van der Waals surface area contributed by atoms with Gasteiger partial charge in [-0.2, -0.15) is 0 Å². The summed E-state index contributed by atoms with van der Waals surface area (Å²) in [6.45, 7) is 0. The van der Waals surface area contributed by atoms with Crippen LogP contribution in [-0.2, 0) is 20.7 Å². The summed E-state index contributed by atoms with van der Waals surface area (Å²) in [5.41, 5.74) is 4.98. The molecule has 9 nitrogen and oxygen atoms in total. The number of aliphatic hydroxyl groups is 1. The number of esters is 2. The van der Waals surface area contributed by atoms with Gasteiger partial charge >= 0.3 is 11.9 Å². The van der Waals surface area contributed by atoms with Crippen LogP contribution in [0.1, 0.15) is 70.4 Å². The lowest BCUT2D eigenvalue weighted by molar-refractivity contribution is -0.0671. The van der Waals surface area contributed by atoms with Crippen molar-refractivity contribution in [1.29, 1.82) is 0 Å². The molecule has 2 aliphatic carbocycles. The minimum atomic E-state index is -0.852. The van der Waals surface area contributed by atoms with Crippen molar-refractivity contribution in [3.63, 3.8) is 0 Å². The molecule has 0 aliphatic heterocycles. The third kappa shape index (κ3) is 5.50. The summed E-state index contributed by atoms with van der Waals surface area (Å²) in [6, 6.07) is 18.7. The van der Waals surface area contributed by atoms with Gasteiger partial charge in [0.2, 0.25) is 0 Å². The Bertz CT molecular complexity index is 2400. The van der Waals surface area contributed by atoms with Crippen molar-refractivity contribution in [3.8, 4) is 33.8 Å². The van der Waals surface area contributed by atoms with E-state index in [1.54, 1.807) is 38.7 Å². The van der Waals surface area contributed by atoms with E-state index in [9.17, 15) is 14.7 Å². The van der Waals surface area contributed by atoms with Crippen molar-refractivity contribution in [1.82, 2.24) is 9.97 Å². The lowest BCUT2D eigenvalue weighted by atomic mass is 9.74. The van der Waals surface area contributed by atoms with E-state index in [2.05, 4.69) is 9.97 Å². The van der Waals surface area contributed by atoms with Gasteiger partial charge in [0.1, 0.15) is 17.1 Å². The number of hydrogen-bond donors (Lipinski definition) is 3. The highest BCUT2D eigenvalue weighted by Gasteiger charge is 2.44. The Morgan fingerprint density at radius 3 is 1.62 bits per heavy atom. The summed E-state index contributed by atoms with van der Waals surface area (Å²) < 4.78 is 23.0. The van der Waals surface area contributed by atoms with Crippen LogP contribution in [0.5, 0.6) is 11.5 Å². The lowest BCUT2D eigenvalue weighted by Crippen LogP contribution is -2.39. The maximum Gasteiger partial charge on any atom is 0.341 e. The number of benzene rings is 4. The third-order valence-corrected chi connectivity index (χ3v) is 11.5. The van der Waals surface area contributed by atoms with Crippen LogP contribution in [0.2, 0.25) is 10.0 Å². The zero-order chi connectivity index (χ0) is 36.4. The largest absolute Gasteiger partial charge is 0.496 e. The van der Waals surface area contributed by atoms with Crippen molar-refractivity contribution in [2.45, 2.75) is 49.7 Å². The quantitative estimate of drug-likeness (QED) is 0.126. The molecule has 0 atom stereocenters. The van der Waals surface area contributed by atoms with Gasteiger partial charge in [-0.05, 0) is 86.1 Å². The highest BCUT2D eigenvalue weighted by Crippen LogP contribution is 2.49. The molecule has 2 aromatic heterocycles. The maximum atomic E-state index is 14.0. The summed E-state index contributed by atoms with van der Waals surface area (Å²) >= 11 is 13.6. The maximum absolute atomic E-state index is 14.0. The van der Waals surface area contributed by atoms with Crippen molar-refractivity contribution in [2.75, 3.05) is 21.3 Å². The van der Waals surface area contributed by atoms with Crippen molar-refractivity contribution < 1.29 is 33.6 Å². The Kier molecular flexibility index (Phi) is 8.48. The van der Waals surface area contributed by atoms with Crippen LogP contribution in [0.3, 0.4) is 0 Å². The minimum Gasteiger partial charge on any atom is -0.496 e. The van der Waals surface area contributed by atoms with Crippen LogP contribution < -0.4 is 9.47 Å². The number of fused-ring (bicyclic) bond motifs is 2. The average Bonchev–Trinajstić information content (AvgIpc) is 3.74. The zero-order valence-corrected chi connectivity index (χ0v) is 30.3. The number of ether oxygens (including phenoxy) is 4. The van der Waals surface area contributed by atoms with Crippen LogP contribution in [0.4, 0.5) is 0 Å². The SMILES string of the molecule is COC(=O)c1c[nH]c2cc(Cl)c(-c3ccc(C4(OC(=O)c5c[nH]c6cc(Cl)c(-c7ccc(C8(O)CCC8)cc7OC)cc56)CCC4)cc3OC)cc12. The van der Waals surface area contributed by atoms with Crippen LogP contribution in [0, 0.1) is 0 Å². The van der Waals surface area contributed by atoms with Gasteiger partial charge in [-0.1, -0.05) is 47.5 Å². The monoisotopic (exact) mass is 738 g/mol. The molecule has 11 heteroatoms. The fourth-order valence-electron chi connectivity index (χ4n) is 7.53. The molecule has 0 saturated heterocycles. The Morgan fingerprint density at radius 2 is 1.15 bits per heavy atom. The Hall–Kier alpha value is -4.96. The molecule has 2 heterocycles. The van der Waals surface area contributed by atoms with Crippen LogP contribution in [0.25, 0.3) is 44.1 Å². The first-order chi connectivity index (χ1) is 25.1. The molecule has 266 valence electrons. The van der Waals surface area contributed by atoms with Gasteiger partial charge in [0.15, 0.2) is 0 Å². The van der Waals surface area contributed by atoms with E-state index in [0.29, 0.717) is 91.3 Å². The summed E-state index contributed by atoms with van der Waals surface area (Å²) in [7, 11) is 4.51. The standard InChI is InChI=1S/C41H36Cl2N2O7/c1-49-36-14-22(40(48)10-4-11-40)6-8-24(36)27-17-29-31(21-45-35(29)19-33(27)43)39(47)52-41(12-5-13-41)23-7-9-25(37(15-23)50-2)26-16-28-30(38(46)51-3)20-44-34(28)18-32(26)42/h6-9,14-21,44-45,48H,4-5,10-13H2,1-3H3. The first kappa shape index (κ1) is 34.1. The predicted octanol–water partition coefficient (Wildman–Crippen LogP) is 9.70. The number of carbonyl (C=O) groups excluding carboxylic acids is 2. The van der Waals surface area contributed by atoms with E-state index in [4.69, 9.17) is 42.1 Å². The molecule has 52 heavy (non-hydrogen) atoms. The topological polar surface area (TPSA) is 123 Å². The smallest absolute Gasteiger partial charge is 0.341 e. The fourth-order valence-corrected chi connectivity index (χ4v) is 8.06. The molecule has 0 radical (unpaired) electrons. The number of H-pyrrole nitrogens is 2.